The van der Waals surface area contributed by atoms with Crippen molar-refractivity contribution in [3.8, 4) is 45.8 Å². The lowest BCUT2D eigenvalue weighted by Crippen LogP contribution is -2.23. The number of nitriles is 1. The van der Waals surface area contributed by atoms with Gasteiger partial charge in [0, 0.05) is 15.6 Å². The van der Waals surface area contributed by atoms with Gasteiger partial charge in [-0.05, 0) is 66.2 Å². The zero-order chi connectivity index (χ0) is 27.8. The first-order chi connectivity index (χ1) is 18.9. The molecule has 0 aliphatic rings. The Morgan fingerprint density at radius 2 is 1.41 bits per heavy atom. The number of benzene rings is 3. The van der Waals surface area contributed by atoms with Gasteiger partial charge in [-0.25, -0.2) is 4.79 Å². The van der Waals surface area contributed by atoms with Crippen LogP contribution in [0.4, 0.5) is 5.88 Å². The summed E-state index contributed by atoms with van der Waals surface area (Å²) in [4.78, 5) is 24.7. The van der Waals surface area contributed by atoms with Crippen molar-refractivity contribution in [2.45, 2.75) is 0 Å². The number of hydrogen-bond acceptors (Lipinski definition) is 8. The monoisotopic (exact) mass is 590 g/mol. The first kappa shape index (κ1) is 27.3. The third-order valence-corrected chi connectivity index (χ3v) is 6.07. The minimum atomic E-state index is -0.731. The quantitative estimate of drug-likeness (QED) is 0.229. The smallest absolute Gasteiger partial charge is 0.344 e. The van der Waals surface area contributed by atoms with E-state index in [1.807, 2.05) is 0 Å². The standard InChI is InChI=1S/C29H23BrN2O7/c1-35-21-9-3-18(4-10-21)27-24(15-31)29(39-28(27)19-5-11-22(36-2)12-6-19)32-25(33)16-38-26(34)17-37-23-13-7-20(30)8-14-23/h3-14H,16-17H2,1-2H3,(H,32,33). The Balaban J connectivity index is 1.53. The number of carbonyl (C=O) groups excluding carboxylic acids is 2. The Morgan fingerprint density at radius 1 is 0.846 bits per heavy atom. The van der Waals surface area contributed by atoms with E-state index >= 15 is 0 Å². The average Bonchev–Trinajstić information content (AvgIpc) is 3.33. The SMILES string of the molecule is COc1ccc(-c2oc(NC(=O)COC(=O)COc3ccc(Br)cc3)c(C#N)c2-c2ccc(OC)cc2)cc1. The number of carbonyl (C=O) groups is 2. The number of nitrogens with one attached hydrogen (secondary N) is 1. The highest BCUT2D eigenvalue weighted by atomic mass is 79.9. The van der Waals surface area contributed by atoms with Crippen LogP contribution in [-0.4, -0.2) is 39.3 Å². The van der Waals surface area contributed by atoms with Crippen molar-refractivity contribution < 1.29 is 33.0 Å². The Bertz CT molecular complexity index is 1490. The Kier molecular flexibility index (Phi) is 8.86. The van der Waals surface area contributed by atoms with Gasteiger partial charge < -0.3 is 23.4 Å². The predicted molar refractivity (Wildman–Crippen MR) is 147 cm³/mol. The third kappa shape index (κ3) is 6.77. The second kappa shape index (κ2) is 12.7. The molecule has 1 amide bonds. The molecule has 4 rings (SSSR count). The molecule has 1 N–H and O–H groups in total. The van der Waals surface area contributed by atoms with Crippen molar-refractivity contribution in [1.29, 1.82) is 5.26 Å². The fraction of sp³-hybridized carbons (Fsp3) is 0.138. The average molecular weight is 591 g/mol. The minimum Gasteiger partial charge on any atom is -0.497 e. The van der Waals surface area contributed by atoms with Gasteiger partial charge in [0.05, 0.1) is 14.2 Å². The van der Waals surface area contributed by atoms with E-state index in [0.717, 1.165) is 4.47 Å². The number of rotatable bonds is 10. The van der Waals surface area contributed by atoms with Crippen LogP contribution >= 0.6 is 15.9 Å². The summed E-state index contributed by atoms with van der Waals surface area (Å²) in [6.07, 6.45) is 0. The van der Waals surface area contributed by atoms with Gasteiger partial charge in [-0.3, -0.25) is 10.1 Å². The van der Waals surface area contributed by atoms with Crippen LogP contribution in [0, 0.1) is 11.3 Å². The summed E-state index contributed by atoms with van der Waals surface area (Å²) < 4.78 is 27.7. The lowest BCUT2D eigenvalue weighted by Gasteiger charge is -2.07. The summed E-state index contributed by atoms with van der Waals surface area (Å²) in [7, 11) is 3.12. The topological polar surface area (TPSA) is 120 Å². The Hall–Kier alpha value is -4.75. The fourth-order valence-corrected chi connectivity index (χ4v) is 3.89. The summed E-state index contributed by atoms with van der Waals surface area (Å²) in [6.45, 7) is -0.966. The highest BCUT2D eigenvalue weighted by Crippen LogP contribution is 2.42. The second-order valence-corrected chi connectivity index (χ2v) is 8.95. The maximum absolute atomic E-state index is 12.6. The van der Waals surface area contributed by atoms with Gasteiger partial charge in [0.25, 0.3) is 5.91 Å². The molecular formula is C29H23BrN2O7. The molecule has 0 saturated carbocycles. The van der Waals surface area contributed by atoms with Crippen LogP contribution in [0.25, 0.3) is 22.5 Å². The van der Waals surface area contributed by atoms with Crippen molar-refractivity contribution in [2.24, 2.45) is 0 Å². The molecule has 39 heavy (non-hydrogen) atoms. The number of anilines is 1. The molecule has 0 aliphatic heterocycles. The lowest BCUT2D eigenvalue weighted by atomic mass is 9.98. The van der Waals surface area contributed by atoms with Crippen molar-refractivity contribution >= 4 is 33.7 Å². The molecule has 4 aromatic rings. The first-order valence-electron chi connectivity index (χ1n) is 11.6. The molecule has 198 valence electrons. The van der Waals surface area contributed by atoms with Gasteiger partial charge in [0.1, 0.15) is 34.6 Å². The van der Waals surface area contributed by atoms with Crippen LogP contribution in [0.2, 0.25) is 0 Å². The summed E-state index contributed by atoms with van der Waals surface area (Å²) in [6, 6.07) is 23.2. The van der Waals surface area contributed by atoms with Crippen LogP contribution in [0.15, 0.2) is 81.7 Å². The molecule has 0 atom stereocenters. The summed E-state index contributed by atoms with van der Waals surface area (Å²) in [5.41, 5.74) is 1.94. The van der Waals surface area contributed by atoms with Crippen molar-refractivity contribution in [3.63, 3.8) is 0 Å². The Labute approximate surface area is 233 Å². The van der Waals surface area contributed by atoms with E-state index in [9.17, 15) is 14.9 Å². The Morgan fingerprint density at radius 3 is 1.97 bits per heavy atom. The molecule has 0 aliphatic carbocycles. The highest BCUT2D eigenvalue weighted by Gasteiger charge is 2.25. The van der Waals surface area contributed by atoms with E-state index in [1.54, 1.807) is 87.0 Å². The number of esters is 1. The zero-order valence-corrected chi connectivity index (χ0v) is 22.6. The van der Waals surface area contributed by atoms with Crippen molar-refractivity contribution in [3.05, 3.63) is 82.8 Å². The second-order valence-electron chi connectivity index (χ2n) is 8.03. The molecule has 1 aromatic heterocycles. The fourth-order valence-electron chi connectivity index (χ4n) is 3.63. The van der Waals surface area contributed by atoms with Gasteiger partial charge in [-0.1, -0.05) is 28.1 Å². The molecule has 0 spiro atoms. The maximum Gasteiger partial charge on any atom is 0.344 e. The van der Waals surface area contributed by atoms with Gasteiger partial charge in [0.15, 0.2) is 13.2 Å². The van der Waals surface area contributed by atoms with E-state index in [-0.39, 0.29) is 18.1 Å². The molecule has 0 bridgehead atoms. The van der Waals surface area contributed by atoms with E-state index in [0.29, 0.717) is 39.7 Å². The van der Waals surface area contributed by atoms with E-state index < -0.39 is 18.5 Å². The number of halogens is 1. The van der Waals surface area contributed by atoms with E-state index in [4.69, 9.17) is 23.4 Å². The minimum absolute atomic E-state index is 0.0682. The summed E-state index contributed by atoms with van der Waals surface area (Å²) >= 11 is 3.32. The van der Waals surface area contributed by atoms with Crippen LogP contribution < -0.4 is 19.5 Å². The van der Waals surface area contributed by atoms with E-state index in [2.05, 4.69) is 27.3 Å². The van der Waals surface area contributed by atoms with Crippen LogP contribution in [-0.2, 0) is 14.3 Å². The number of amides is 1. The maximum atomic E-state index is 12.6. The molecular weight excluding hydrogens is 568 g/mol. The van der Waals surface area contributed by atoms with Gasteiger partial charge in [-0.15, -0.1) is 0 Å². The molecule has 1 heterocycles. The molecule has 0 saturated heterocycles. The number of furan rings is 1. The zero-order valence-electron chi connectivity index (χ0n) is 21.0. The largest absolute Gasteiger partial charge is 0.497 e. The molecule has 3 aromatic carbocycles. The molecule has 10 heteroatoms. The number of hydrogen-bond donors (Lipinski definition) is 1. The van der Waals surface area contributed by atoms with Crippen molar-refractivity contribution in [2.75, 3.05) is 32.8 Å². The summed E-state index contributed by atoms with van der Waals surface area (Å²) in [5, 5.41) is 12.6. The van der Waals surface area contributed by atoms with E-state index in [1.165, 1.54) is 0 Å². The normalized spacial score (nSPS) is 10.3. The van der Waals surface area contributed by atoms with Gasteiger partial charge in [0.2, 0.25) is 5.88 Å². The number of ether oxygens (including phenoxy) is 4. The highest BCUT2D eigenvalue weighted by molar-refractivity contribution is 9.10. The lowest BCUT2D eigenvalue weighted by molar-refractivity contribution is -0.149. The molecule has 9 nitrogen and oxygen atoms in total. The first-order valence-corrected chi connectivity index (χ1v) is 12.4. The number of nitrogens with zero attached hydrogens (tertiary/aromatic N) is 1. The number of methoxy groups -OCH3 is 2. The molecule has 0 fully saturated rings. The van der Waals surface area contributed by atoms with Crippen LogP contribution in [0.1, 0.15) is 5.56 Å². The molecule has 0 unspecified atom stereocenters. The predicted octanol–water partition coefficient (Wildman–Crippen LogP) is 5.83. The van der Waals surface area contributed by atoms with Crippen LogP contribution in [0.5, 0.6) is 17.2 Å². The third-order valence-electron chi connectivity index (χ3n) is 5.54. The van der Waals surface area contributed by atoms with Crippen LogP contribution in [0.3, 0.4) is 0 Å². The molecule has 0 radical (unpaired) electrons. The summed E-state index contributed by atoms with van der Waals surface area (Å²) in [5.74, 6) is 0.662. The van der Waals surface area contributed by atoms with Gasteiger partial charge in [-0.2, -0.15) is 5.26 Å². The van der Waals surface area contributed by atoms with Gasteiger partial charge >= 0.3 is 5.97 Å². The van der Waals surface area contributed by atoms with Crippen molar-refractivity contribution in [1.82, 2.24) is 0 Å².